The largest absolute Gasteiger partial charge is 0.494 e. The van der Waals surface area contributed by atoms with Gasteiger partial charge in [-0.25, -0.2) is 0 Å². The summed E-state index contributed by atoms with van der Waals surface area (Å²) < 4.78 is 17.4. The van der Waals surface area contributed by atoms with Crippen LogP contribution in [0.25, 0.3) is 0 Å². The molecule has 0 bridgehead atoms. The zero-order valence-corrected chi connectivity index (χ0v) is 13.5. The van der Waals surface area contributed by atoms with Gasteiger partial charge in [-0.2, -0.15) is 0 Å². The quantitative estimate of drug-likeness (QED) is 0.734. The first kappa shape index (κ1) is 15.7. The van der Waals surface area contributed by atoms with Crippen LogP contribution < -0.4 is 14.2 Å². The van der Waals surface area contributed by atoms with Crippen molar-refractivity contribution in [3.8, 4) is 17.2 Å². The van der Waals surface area contributed by atoms with E-state index in [1.165, 1.54) is 0 Å². The molecule has 0 saturated heterocycles. The fourth-order valence-corrected chi connectivity index (χ4v) is 2.63. The van der Waals surface area contributed by atoms with E-state index in [-0.39, 0.29) is 6.10 Å². The van der Waals surface area contributed by atoms with Crippen LogP contribution >= 0.6 is 0 Å². The minimum Gasteiger partial charge on any atom is -0.494 e. The van der Waals surface area contributed by atoms with Crippen molar-refractivity contribution < 1.29 is 14.2 Å². The molecule has 23 heavy (non-hydrogen) atoms. The molecule has 4 nitrogen and oxygen atoms in total. The van der Waals surface area contributed by atoms with Crippen molar-refractivity contribution in [3.63, 3.8) is 0 Å². The highest BCUT2D eigenvalue weighted by atomic mass is 16.6. The molecular formula is C19H23NO3. The minimum absolute atomic E-state index is 0.0740. The van der Waals surface area contributed by atoms with Crippen molar-refractivity contribution in [1.82, 2.24) is 4.90 Å². The molecule has 0 radical (unpaired) electrons. The first-order valence-electron chi connectivity index (χ1n) is 8.06. The third-order valence-corrected chi connectivity index (χ3v) is 3.78. The molecule has 122 valence electrons. The highest BCUT2D eigenvalue weighted by molar-refractivity contribution is 5.40. The Morgan fingerprint density at radius 3 is 2.61 bits per heavy atom. The molecule has 4 heteroatoms. The van der Waals surface area contributed by atoms with Crippen LogP contribution in [0.1, 0.15) is 6.42 Å². The van der Waals surface area contributed by atoms with Crippen LogP contribution in [-0.4, -0.2) is 44.4 Å². The van der Waals surface area contributed by atoms with Crippen LogP contribution in [0.15, 0.2) is 54.6 Å². The van der Waals surface area contributed by atoms with E-state index in [1.54, 1.807) is 0 Å². The Kier molecular flexibility index (Phi) is 5.37. The van der Waals surface area contributed by atoms with Gasteiger partial charge in [-0.3, -0.25) is 0 Å². The Balaban J connectivity index is 1.36. The molecule has 2 aromatic rings. The Morgan fingerprint density at radius 1 is 1.04 bits per heavy atom. The first-order chi connectivity index (χ1) is 11.3. The Labute approximate surface area is 137 Å². The Bertz CT molecular complexity index is 603. The smallest absolute Gasteiger partial charge is 0.161 e. The minimum atomic E-state index is 0.0740. The zero-order valence-electron chi connectivity index (χ0n) is 13.5. The number of hydrogen-bond acceptors (Lipinski definition) is 4. The molecule has 1 heterocycles. The van der Waals surface area contributed by atoms with Crippen molar-refractivity contribution in [3.05, 3.63) is 54.6 Å². The lowest BCUT2D eigenvalue weighted by molar-refractivity contribution is 0.0643. The van der Waals surface area contributed by atoms with Crippen LogP contribution in [0, 0.1) is 0 Å². The number of fused-ring (bicyclic) bond motifs is 1. The van der Waals surface area contributed by atoms with Gasteiger partial charge in [0.2, 0.25) is 0 Å². The summed E-state index contributed by atoms with van der Waals surface area (Å²) in [7, 11) is 2.10. The fraction of sp³-hybridized carbons (Fsp3) is 0.368. The molecule has 0 aromatic heterocycles. The predicted molar refractivity (Wildman–Crippen MR) is 90.4 cm³/mol. The third kappa shape index (κ3) is 4.63. The molecule has 1 aliphatic heterocycles. The number of ether oxygens (including phenoxy) is 3. The van der Waals surface area contributed by atoms with Gasteiger partial charge in [0.05, 0.1) is 6.61 Å². The molecule has 0 aliphatic carbocycles. The summed E-state index contributed by atoms with van der Waals surface area (Å²) in [6.07, 6.45) is 1.06. The third-order valence-electron chi connectivity index (χ3n) is 3.78. The summed E-state index contributed by atoms with van der Waals surface area (Å²) in [5, 5.41) is 0. The highest BCUT2D eigenvalue weighted by Crippen LogP contribution is 2.30. The standard InChI is InChI=1S/C19H23NO3/c1-20(12-7-13-21-16-8-3-2-4-9-16)14-17-15-22-18-10-5-6-11-19(18)23-17/h2-6,8-11,17H,7,12-15H2,1H3/t17-/m1/s1. The van der Waals surface area contributed by atoms with Gasteiger partial charge in [0.15, 0.2) is 11.5 Å². The fourth-order valence-electron chi connectivity index (χ4n) is 2.63. The van der Waals surface area contributed by atoms with E-state index < -0.39 is 0 Å². The van der Waals surface area contributed by atoms with Crippen LogP contribution in [-0.2, 0) is 0 Å². The molecule has 1 aliphatic rings. The zero-order chi connectivity index (χ0) is 15.9. The van der Waals surface area contributed by atoms with Crippen molar-refractivity contribution in [2.45, 2.75) is 12.5 Å². The molecule has 0 N–H and O–H groups in total. The maximum Gasteiger partial charge on any atom is 0.161 e. The van der Waals surface area contributed by atoms with E-state index in [4.69, 9.17) is 14.2 Å². The summed E-state index contributed by atoms with van der Waals surface area (Å²) in [4.78, 5) is 2.26. The molecule has 0 amide bonds. The first-order valence-corrected chi connectivity index (χ1v) is 8.06. The van der Waals surface area contributed by atoms with Gasteiger partial charge >= 0.3 is 0 Å². The van der Waals surface area contributed by atoms with Crippen molar-refractivity contribution >= 4 is 0 Å². The average molecular weight is 313 g/mol. The van der Waals surface area contributed by atoms with E-state index in [1.807, 2.05) is 54.6 Å². The second-order valence-electron chi connectivity index (χ2n) is 5.77. The van der Waals surface area contributed by atoms with Crippen LogP contribution in [0.2, 0.25) is 0 Å². The number of likely N-dealkylation sites (N-methyl/N-ethyl adjacent to an activating group) is 1. The molecule has 0 saturated carbocycles. The lowest BCUT2D eigenvalue weighted by Crippen LogP contribution is -2.39. The monoisotopic (exact) mass is 313 g/mol. The number of benzene rings is 2. The number of rotatable bonds is 7. The van der Waals surface area contributed by atoms with Gasteiger partial charge in [0.25, 0.3) is 0 Å². The molecule has 3 rings (SSSR count). The van der Waals surface area contributed by atoms with E-state index >= 15 is 0 Å². The maximum atomic E-state index is 5.98. The summed E-state index contributed by atoms with van der Waals surface area (Å²) in [6, 6.07) is 17.7. The topological polar surface area (TPSA) is 30.9 Å². The summed E-state index contributed by atoms with van der Waals surface area (Å²) >= 11 is 0. The van der Waals surface area contributed by atoms with Gasteiger partial charge in [-0.05, 0) is 37.7 Å². The van der Waals surface area contributed by atoms with Crippen molar-refractivity contribution in [2.24, 2.45) is 0 Å². The SMILES string of the molecule is CN(CCCOc1ccccc1)C[C@@H]1COc2ccccc2O1. The van der Waals surface area contributed by atoms with Gasteiger partial charge < -0.3 is 19.1 Å². The molecule has 1 atom stereocenters. The van der Waals surface area contributed by atoms with Crippen LogP contribution in [0.3, 0.4) is 0 Å². The second-order valence-corrected chi connectivity index (χ2v) is 5.77. The number of para-hydroxylation sites is 3. The lowest BCUT2D eigenvalue weighted by atomic mass is 10.2. The molecular weight excluding hydrogens is 290 g/mol. The van der Waals surface area contributed by atoms with Crippen LogP contribution in [0.4, 0.5) is 0 Å². The summed E-state index contributed by atoms with van der Waals surface area (Å²) in [5.41, 5.74) is 0. The Morgan fingerprint density at radius 2 is 1.78 bits per heavy atom. The van der Waals surface area contributed by atoms with Crippen molar-refractivity contribution in [2.75, 3.05) is 33.4 Å². The van der Waals surface area contributed by atoms with Gasteiger partial charge in [-0.15, -0.1) is 0 Å². The number of nitrogens with zero attached hydrogens (tertiary/aromatic N) is 1. The molecule has 0 fully saturated rings. The second kappa shape index (κ2) is 7.88. The van der Waals surface area contributed by atoms with E-state index in [0.29, 0.717) is 6.61 Å². The van der Waals surface area contributed by atoms with Crippen LogP contribution in [0.5, 0.6) is 17.2 Å². The molecule has 0 unspecified atom stereocenters. The van der Waals surface area contributed by atoms with Crippen molar-refractivity contribution in [1.29, 1.82) is 0 Å². The predicted octanol–water partition coefficient (Wildman–Crippen LogP) is 3.23. The van der Waals surface area contributed by atoms with Gasteiger partial charge in [-0.1, -0.05) is 30.3 Å². The average Bonchev–Trinajstić information content (AvgIpc) is 2.59. The van der Waals surface area contributed by atoms with Gasteiger partial charge in [0, 0.05) is 13.1 Å². The lowest BCUT2D eigenvalue weighted by Gasteiger charge is -2.29. The van der Waals surface area contributed by atoms with E-state index in [0.717, 1.165) is 43.4 Å². The normalized spacial score (nSPS) is 16.3. The highest BCUT2D eigenvalue weighted by Gasteiger charge is 2.21. The Hall–Kier alpha value is -2.20. The maximum absolute atomic E-state index is 5.98. The van der Waals surface area contributed by atoms with E-state index in [2.05, 4.69) is 11.9 Å². The van der Waals surface area contributed by atoms with Gasteiger partial charge in [0.1, 0.15) is 18.5 Å². The number of hydrogen-bond donors (Lipinski definition) is 0. The molecule has 0 spiro atoms. The van der Waals surface area contributed by atoms with E-state index in [9.17, 15) is 0 Å². The molecule has 2 aromatic carbocycles. The summed E-state index contributed by atoms with van der Waals surface area (Å²) in [5.74, 6) is 2.60. The summed E-state index contributed by atoms with van der Waals surface area (Å²) in [6.45, 7) is 3.13.